The molecule has 1 aliphatic heterocycles. The van der Waals surface area contributed by atoms with Gasteiger partial charge < -0.3 is 9.80 Å². The number of nitrogens with one attached hydrogen (secondary N) is 1. The monoisotopic (exact) mass is 384 g/mol. The summed E-state index contributed by atoms with van der Waals surface area (Å²) >= 11 is 0. The second-order valence-corrected chi connectivity index (χ2v) is 7.79. The average Bonchev–Trinajstić information content (AvgIpc) is 2.72. The molecule has 1 N–H and O–H groups in total. The van der Waals surface area contributed by atoms with Gasteiger partial charge >= 0.3 is 0 Å². The molecule has 0 radical (unpaired) electrons. The second kappa shape index (κ2) is 8.20. The Morgan fingerprint density at radius 2 is 1.93 bits per heavy atom. The molecule has 1 aliphatic rings. The second-order valence-electron chi connectivity index (χ2n) is 6.02. The average molecular weight is 384 g/mol. The van der Waals surface area contributed by atoms with Crippen LogP contribution in [-0.4, -0.2) is 56.9 Å². The number of carbonyl (C=O) groups excluding carboxylic acids is 1. The zero-order valence-corrected chi connectivity index (χ0v) is 15.5. The lowest BCUT2D eigenvalue weighted by Gasteiger charge is -2.35. The van der Waals surface area contributed by atoms with Gasteiger partial charge in [0.25, 0.3) is 5.91 Å². The van der Waals surface area contributed by atoms with E-state index in [4.69, 9.17) is 6.42 Å². The number of piperazine rings is 1. The lowest BCUT2D eigenvalue weighted by Crippen LogP contribution is -2.49. The van der Waals surface area contributed by atoms with Crippen molar-refractivity contribution < 1.29 is 13.2 Å². The van der Waals surface area contributed by atoms with Gasteiger partial charge in [0.2, 0.25) is 10.0 Å². The van der Waals surface area contributed by atoms with Crippen molar-refractivity contribution in [1.82, 2.24) is 14.6 Å². The molecule has 0 aliphatic carbocycles. The number of hydrogen-bond acceptors (Lipinski definition) is 5. The predicted octanol–water partition coefficient (Wildman–Crippen LogP) is 0.955. The van der Waals surface area contributed by atoms with Crippen molar-refractivity contribution in [2.75, 3.05) is 37.6 Å². The SMILES string of the molecule is C#CCNS(=O)(=O)c1cccc(C(=O)N2CCN(c3ccccn3)CC2)c1. The Bertz CT molecular complexity index is 946. The lowest BCUT2D eigenvalue weighted by atomic mass is 10.2. The van der Waals surface area contributed by atoms with E-state index >= 15 is 0 Å². The van der Waals surface area contributed by atoms with Gasteiger partial charge in [-0.25, -0.2) is 13.4 Å². The van der Waals surface area contributed by atoms with E-state index in [9.17, 15) is 13.2 Å². The summed E-state index contributed by atoms with van der Waals surface area (Å²) in [5, 5.41) is 0. The largest absolute Gasteiger partial charge is 0.353 e. The zero-order chi connectivity index (χ0) is 19.3. The maximum absolute atomic E-state index is 12.8. The molecule has 0 unspecified atom stereocenters. The molecule has 1 aromatic carbocycles. The third-order valence-corrected chi connectivity index (χ3v) is 5.69. The normalized spacial score (nSPS) is 14.6. The molecule has 1 saturated heterocycles. The Hall–Kier alpha value is -2.89. The summed E-state index contributed by atoms with van der Waals surface area (Å²) < 4.78 is 26.7. The van der Waals surface area contributed by atoms with Crippen molar-refractivity contribution in [3.05, 3.63) is 54.2 Å². The van der Waals surface area contributed by atoms with Gasteiger partial charge in [-0.05, 0) is 30.3 Å². The van der Waals surface area contributed by atoms with Crippen molar-refractivity contribution in [3.63, 3.8) is 0 Å². The number of aromatic nitrogens is 1. The van der Waals surface area contributed by atoms with Crippen molar-refractivity contribution in [2.24, 2.45) is 0 Å². The Morgan fingerprint density at radius 3 is 2.59 bits per heavy atom. The molecule has 7 nitrogen and oxygen atoms in total. The fourth-order valence-corrected chi connectivity index (χ4v) is 3.86. The topological polar surface area (TPSA) is 82.6 Å². The minimum Gasteiger partial charge on any atom is -0.353 e. The van der Waals surface area contributed by atoms with Crippen LogP contribution in [0.25, 0.3) is 0 Å². The fraction of sp³-hybridized carbons (Fsp3) is 0.263. The highest BCUT2D eigenvalue weighted by molar-refractivity contribution is 7.89. The molecule has 1 fully saturated rings. The molecular formula is C19H20N4O3S. The third kappa shape index (κ3) is 4.45. The first-order valence-corrected chi connectivity index (χ1v) is 9.98. The number of pyridine rings is 1. The number of amides is 1. The molecule has 3 rings (SSSR count). The van der Waals surface area contributed by atoms with Crippen LogP contribution >= 0.6 is 0 Å². The molecule has 8 heteroatoms. The van der Waals surface area contributed by atoms with Crippen molar-refractivity contribution >= 4 is 21.7 Å². The van der Waals surface area contributed by atoms with Crippen LogP contribution in [0.4, 0.5) is 5.82 Å². The van der Waals surface area contributed by atoms with Crippen LogP contribution < -0.4 is 9.62 Å². The first-order chi connectivity index (χ1) is 13.0. The van der Waals surface area contributed by atoms with Crippen LogP contribution in [0.3, 0.4) is 0 Å². The van der Waals surface area contributed by atoms with Crippen molar-refractivity contribution in [1.29, 1.82) is 0 Å². The van der Waals surface area contributed by atoms with Gasteiger partial charge in [0.1, 0.15) is 5.82 Å². The van der Waals surface area contributed by atoms with Gasteiger partial charge in [0.15, 0.2) is 0 Å². The first kappa shape index (κ1) is 18.9. The van der Waals surface area contributed by atoms with Gasteiger partial charge in [-0.2, -0.15) is 4.72 Å². The number of benzene rings is 1. The van der Waals surface area contributed by atoms with E-state index in [0.29, 0.717) is 31.7 Å². The number of anilines is 1. The number of nitrogens with zero attached hydrogens (tertiary/aromatic N) is 3. The zero-order valence-electron chi connectivity index (χ0n) is 14.7. The maximum atomic E-state index is 12.8. The van der Waals surface area contributed by atoms with Gasteiger partial charge in [-0.3, -0.25) is 4.79 Å². The number of carbonyl (C=O) groups is 1. The molecular weight excluding hydrogens is 364 g/mol. The van der Waals surface area contributed by atoms with E-state index in [-0.39, 0.29) is 17.3 Å². The summed E-state index contributed by atoms with van der Waals surface area (Å²) in [4.78, 5) is 21.0. The molecule has 0 bridgehead atoms. The van der Waals surface area contributed by atoms with Crippen LogP contribution in [0, 0.1) is 12.3 Å². The van der Waals surface area contributed by atoms with Gasteiger partial charge in [0.05, 0.1) is 11.4 Å². The van der Waals surface area contributed by atoms with E-state index in [2.05, 4.69) is 20.5 Å². The standard InChI is InChI=1S/C19H20N4O3S/c1-2-9-21-27(25,26)17-7-5-6-16(15-17)19(24)23-13-11-22(12-14-23)18-8-3-4-10-20-18/h1,3-8,10,15,21H,9,11-14H2. The van der Waals surface area contributed by atoms with E-state index in [1.807, 2.05) is 18.2 Å². The Balaban J connectivity index is 1.69. The molecule has 27 heavy (non-hydrogen) atoms. The smallest absolute Gasteiger partial charge is 0.254 e. The molecule has 0 saturated carbocycles. The summed E-state index contributed by atoms with van der Waals surface area (Å²) in [6.07, 6.45) is 6.84. The molecule has 2 aromatic rings. The number of sulfonamides is 1. The van der Waals surface area contributed by atoms with Crippen LogP contribution in [0.2, 0.25) is 0 Å². The molecule has 0 atom stereocenters. The maximum Gasteiger partial charge on any atom is 0.254 e. The predicted molar refractivity (Wildman–Crippen MR) is 103 cm³/mol. The Kier molecular flexibility index (Phi) is 5.74. The molecule has 1 aromatic heterocycles. The number of hydrogen-bond donors (Lipinski definition) is 1. The van der Waals surface area contributed by atoms with Gasteiger partial charge in [-0.15, -0.1) is 6.42 Å². The van der Waals surface area contributed by atoms with E-state index in [0.717, 1.165) is 5.82 Å². The Morgan fingerprint density at radius 1 is 1.15 bits per heavy atom. The minimum atomic E-state index is -3.73. The Labute approximate surface area is 159 Å². The summed E-state index contributed by atoms with van der Waals surface area (Å²) in [5.74, 6) is 2.92. The lowest BCUT2D eigenvalue weighted by molar-refractivity contribution is 0.0746. The molecule has 140 valence electrons. The van der Waals surface area contributed by atoms with Gasteiger partial charge in [-0.1, -0.05) is 18.1 Å². The van der Waals surface area contributed by atoms with Crippen LogP contribution in [-0.2, 0) is 10.0 Å². The van der Waals surface area contributed by atoms with Gasteiger partial charge in [0, 0.05) is 37.9 Å². The van der Waals surface area contributed by atoms with Crippen LogP contribution in [0.1, 0.15) is 10.4 Å². The fourth-order valence-electron chi connectivity index (χ4n) is 2.88. The highest BCUT2D eigenvalue weighted by atomic mass is 32.2. The number of rotatable bonds is 5. The summed E-state index contributed by atoms with van der Waals surface area (Å²) in [6.45, 7) is 2.33. The summed E-state index contributed by atoms with van der Waals surface area (Å²) in [6, 6.07) is 11.7. The van der Waals surface area contributed by atoms with E-state index < -0.39 is 10.0 Å². The third-order valence-electron chi connectivity index (χ3n) is 4.30. The van der Waals surface area contributed by atoms with E-state index in [1.165, 1.54) is 12.1 Å². The summed E-state index contributed by atoms with van der Waals surface area (Å²) in [7, 11) is -3.73. The highest BCUT2D eigenvalue weighted by Gasteiger charge is 2.24. The molecule has 2 heterocycles. The highest BCUT2D eigenvalue weighted by Crippen LogP contribution is 2.17. The van der Waals surface area contributed by atoms with Crippen LogP contribution in [0.15, 0.2) is 53.6 Å². The quantitative estimate of drug-likeness (QED) is 0.777. The molecule has 1 amide bonds. The molecule has 0 spiro atoms. The van der Waals surface area contributed by atoms with E-state index in [1.54, 1.807) is 23.2 Å². The first-order valence-electron chi connectivity index (χ1n) is 8.50. The van der Waals surface area contributed by atoms with Crippen molar-refractivity contribution in [2.45, 2.75) is 4.90 Å². The minimum absolute atomic E-state index is 0.0238. The van der Waals surface area contributed by atoms with Crippen LogP contribution in [0.5, 0.6) is 0 Å². The summed E-state index contributed by atoms with van der Waals surface area (Å²) in [5.41, 5.74) is 0.338. The van der Waals surface area contributed by atoms with Crippen molar-refractivity contribution in [3.8, 4) is 12.3 Å². The number of terminal acetylenes is 1.